The Hall–Kier alpha value is -3.43. The number of carboxylic acids is 1. The number of oxime groups is 1. The van der Waals surface area contributed by atoms with Crippen LogP contribution in [-0.4, -0.2) is 98.4 Å². The summed E-state index contributed by atoms with van der Waals surface area (Å²) < 4.78 is 5.12. The summed E-state index contributed by atoms with van der Waals surface area (Å²) in [7, 11) is 0. The predicted octanol–water partition coefficient (Wildman–Crippen LogP) is 2.06. The Morgan fingerprint density at radius 2 is 1.93 bits per heavy atom. The zero-order valence-corrected chi connectivity index (χ0v) is 25.8. The monoisotopic (exact) mass is 610 g/mol. The van der Waals surface area contributed by atoms with E-state index in [1.54, 1.807) is 20.8 Å². The molecule has 0 radical (unpaired) electrons. The Labute approximate surface area is 247 Å². The summed E-state index contributed by atoms with van der Waals surface area (Å²) in [6, 6.07) is -0.995. The number of allylic oxidation sites excluding steroid dienone is 1. The highest BCUT2D eigenvalue weighted by molar-refractivity contribution is 8.00. The van der Waals surface area contributed by atoms with Crippen molar-refractivity contribution < 1.29 is 33.9 Å². The third-order valence-electron chi connectivity index (χ3n) is 5.81. The molecular formula is C26H38N6O7S2. The molecule has 2 amide bonds. The third kappa shape index (κ3) is 9.03. The molecule has 2 aliphatic heterocycles. The molecule has 0 spiro atoms. The number of amides is 2. The van der Waals surface area contributed by atoms with Crippen molar-refractivity contribution in [3.63, 3.8) is 0 Å². The second-order valence-corrected chi connectivity index (χ2v) is 11.7. The topological polar surface area (TPSA) is 177 Å². The van der Waals surface area contributed by atoms with Crippen LogP contribution in [-0.2, 0) is 28.8 Å². The van der Waals surface area contributed by atoms with Gasteiger partial charge in [-0.05, 0) is 46.0 Å². The van der Waals surface area contributed by atoms with Gasteiger partial charge in [-0.25, -0.2) is 14.6 Å². The van der Waals surface area contributed by atoms with Crippen molar-refractivity contribution in [2.24, 2.45) is 5.16 Å². The van der Waals surface area contributed by atoms with Gasteiger partial charge in [0.15, 0.2) is 10.8 Å². The van der Waals surface area contributed by atoms with Crippen molar-refractivity contribution in [3.8, 4) is 0 Å². The summed E-state index contributed by atoms with van der Waals surface area (Å²) in [6.45, 7) is 18.2. The number of ether oxygens (including phenoxy) is 1. The van der Waals surface area contributed by atoms with E-state index in [-0.39, 0.29) is 22.2 Å². The van der Waals surface area contributed by atoms with E-state index in [9.17, 15) is 24.3 Å². The number of β-lactam (4-membered cyclic amide) rings is 1. The smallest absolute Gasteiger partial charge is 0.352 e. The van der Waals surface area contributed by atoms with Gasteiger partial charge < -0.3 is 30.6 Å². The van der Waals surface area contributed by atoms with Crippen LogP contribution in [0.2, 0.25) is 0 Å². The average Bonchev–Trinajstić information content (AvgIpc) is 3.34. The lowest BCUT2D eigenvalue weighted by Gasteiger charge is -2.49. The van der Waals surface area contributed by atoms with Crippen LogP contribution in [0.15, 0.2) is 34.5 Å². The number of hydrogen-bond acceptors (Lipinski definition) is 12. The minimum absolute atomic E-state index is 0.0872. The van der Waals surface area contributed by atoms with Gasteiger partial charge in [0.05, 0.1) is 0 Å². The Balaban J connectivity index is 0.000000745. The van der Waals surface area contributed by atoms with Gasteiger partial charge in [0.2, 0.25) is 6.61 Å². The molecule has 1 aromatic heterocycles. The fraction of sp³-hybridized carbons (Fsp3) is 0.538. The number of nitrogens with one attached hydrogen (secondary N) is 1. The van der Waals surface area contributed by atoms with Crippen molar-refractivity contribution in [1.29, 1.82) is 0 Å². The maximum absolute atomic E-state index is 13.0. The molecule has 226 valence electrons. The Kier molecular flexibility index (Phi) is 12.3. The van der Waals surface area contributed by atoms with Gasteiger partial charge in [0.25, 0.3) is 11.8 Å². The minimum atomic E-state index is -1.26. The van der Waals surface area contributed by atoms with E-state index < -0.39 is 47.4 Å². The van der Waals surface area contributed by atoms with Crippen molar-refractivity contribution >= 4 is 57.7 Å². The van der Waals surface area contributed by atoms with E-state index in [4.69, 9.17) is 15.3 Å². The van der Waals surface area contributed by atoms with Crippen LogP contribution < -0.4 is 11.1 Å². The van der Waals surface area contributed by atoms with Crippen LogP contribution in [0.3, 0.4) is 0 Å². The zero-order valence-electron chi connectivity index (χ0n) is 24.1. The number of carbonyl (C=O) groups is 4. The molecule has 4 N–H and O–H groups in total. The average molecular weight is 611 g/mol. The lowest BCUT2D eigenvalue weighted by molar-refractivity contribution is -0.160. The molecule has 0 aromatic carbocycles. The van der Waals surface area contributed by atoms with Crippen molar-refractivity contribution in [1.82, 2.24) is 20.1 Å². The molecule has 41 heavy (non-hydrogen) atoms. The second-order valence-electron chi connectivity index (χ2n) is 9.73. The number of aliphatic carboxylic acids is 1. The number of fused-ring (bicyclic) bond motifs is 1. The quantitative estimate of drug-likeness (QED) is 0.145. The van der Waals surface area contributed by atoms with Crippen molar-refractivity contribution in [2.45, 2.75) is 58.6 Å². The number of nitrogens with zero attached hydrogens (tertiary/aromatic N) is 4. The highest BCUT2D eigenvalue weighted by atomic mass is 32.2. The molecule has 2 atom stereocenters. The maximum Gasteiger partial charge on any atom is 0.352 e. The maximum atomic E-state index is 13.0. The van der Waals surface area contributed by atoms with Gasteiger partial charge >= 0.3 is 11.9 Å². The molecule has 3 rings (SSSR count). The number of aromatic nitrogens is 1. The molecule has 1 unspecified atom stereocenters. The standard InChI is InChI=1S/C20H23N5O7S2.C6H15N/c1-5-9-7-33-17-13(16(28)25(17)14(9)18(29)30)23-15(27)12(10-8-34-19(21)22-10)24-31-6-11(26)32-20(2,3)4;1-4-7(5-2)6-3/h5,8,13,17H,1,6-7H2,2-4H3,(H2,21,22)(H,23,27)(H,29,30);4-6H2,1-3H3/t13?,17-;/m1./s1. The summed E-state index contributed by atoms with van der Waals surface area (Å²) >= 11 is 2.35. The predicted molar refractivity (Wildman–Crippen MR) is 158 cm³/mol. The number of carbonyl (C=O) groups excluding carboxylic acids is 3. The molecule has 1 fully saturated rings. The van der Waals surface area contributed by atoms with Crippen LogP contribution in [0.5, 0.6) is 0 Å². The summed E-state index contributed by atoms with van der Waals surface area (Å²) in [6.07, 6.45) is 1.39. The number of nitrogen functional groups attached to an aromatic ring is 1. The normalized spacial score (nSPS) is 18.6. The summed E-state index contributed by atoms with van der Waals surface area (Å²) in [5, 5.41) is 16.8. The number of thiazole rings is 1. The molecular weight excluding hydrogens is 572 g/mol. The summed E-state index contributed by atoms with van der Waals surface area (Å²) in [4.78, 5) is 61.7. The number of carboxylic acid groups (broad SMARTS) is 1. The largest absolute Gasteiger partial charge is 0.477 e. The van der Waals surface area contributed by atoms with Gasteiger partial charge in [0.1, 0.15) is 28.4 Å². The van der Waals surface area contributed by atoms with E-state index in [1.165, 1.54) is 42.9 Å². The minimum Gasteiger partial charge on any atom is -0.477 e. The van der Waals surface area contributed by atoms with Crippen molar-refractivity contribution in [2.75, 3.05) is 37.7 Å². The lowest BCUT2D eigenvalue weighted by Crippen LogP contribution is -2.71. The Morgan fingerprint density at radius 1 is 1.29 bits per heavy atom. The summed E-state index contributed by atoms with van der Waals surface area (Å²) in [5.41, 5.74) is 4.98. The van der Waals surface area contributed by atoms with E-state index >= 15 is 0 Å². The van der Waals surface area contributed by atoms with Gasteiger partial charge in [-0.2, -0.15) is 0 Å². The molecule has 0 aliphatic carbocycles. The Morgan fingerprint density at radius 3 is 2.39 bits per heavy atom. The van der Waals surface area contributed by atoms with Crippen LogP contribution in [0, 0.1) is 0 Å². The van der Waals surface area contributed by atoms with E-state index in [0.29, 0.717) is 11.3 Å². The SMILES string of the molecule is C=CC1=C(C(=O)O)N2C(=O)C(NC(=O)C(=NOCC(=O)OC(C)(C)C)c3csc(N)n3)[C@H]2SC1.CCN(CC)CC. The first-order valence-corrected chi connectivity index (χ1v) is 14.9. The molecule has 13 nitrogen and oxygen atoms in total. The molecule has 0 bridgehead atoms. The van der Waals surface area contributed by atoms with Crippen molar-refractivity contribution in [3.05, 3.63) is 35.0 Å². The zero-order chi connectivity index (χ0) is 30.9. The van der Waals surface area contributed by atoms with Crippen LogP contribution in [0.4, 0.5) is 5.13 Å². The first kappa shape index (κ1) is 33.8. The van der Waals surface area contributed by atoms with Gasteiger partial charge in [-0.1, -0.05) is 38.6 Å². The van der Waals surface area contributed by atoms with E-state index in [1.807, 2.05) is 0 Å². The van der Waals surface area contributed by atoms with Crippen LogP contribution >= 0.6 is 23.1 Å². The first-order chi connectivity index (χ1) is 19.3. The van der Waals surface area contributed by atoms with E-state index in [2.05, 4.69) is 47.7 Å². The first-order valence-electron chi connectivity index (χ1n) is 13.0. The highest BCUT2D eigenvalue weighted by Crippen LogP contribution is 2.40. The molecule has 2 aliphatic rings. The van der Waals surface area contributed by atoms with Gasteiger partial charge in [-0.3, -0.25) is 14.5 Å². The molecule has 3 heterocycles. The van der Waals surface area contributed by atoms with Crippen LogP contribution in [0.25, 0.3) is 0 Å². The number of esters is 1. The third-order valence-corrected chi connectivity index (χ3v) is 7.79. The molecule has 1 aromatic rings. The fourth-order valence-electron chi connectivity index (χ4n) is 3.80. The fourth-order valence-corrected chi connectivity index (χ4v) is 5.69. The van der Waals surface area contributed by atoms with Gasteiger partial charge in [0, 0.05) is 11.1 Å². The second kappa shape index (κ2) is 15.0. The highest BCUT2D eigenvalue weighted by Gasteiger charge is 2.54. The number of thioether (sulfide) groups is 1. The lowest BCUT2D eigenvalue weighted by atomic mass is 10.0. The number of nitrogens with two attached hydrogens (primary N) is 1. The number of anilines is 1. The number of rotatable bonds is 11. The van der Waals surface area contributed by atoms with Crippen LogP contribution in [0.1, 0.15) is 47.2 Å². The number of hydrogen-bond donors (Lipinski definition) is 3. The molecule has 1 saturated heterocycles. The molecule has 0 saturated carbocycles. The van der Waals surface area contributed by atoms with Gasteiger partial charge in [-0.15, -0.1) is 23.1 Å². The van der Waals surface area contributed by atoms with E-state index in [0.717, 1.165) is 16.2 Å². The Bertz CT molecular complexity index is 1200. The summed E-state index contributed by atoms with van der Waals surface area (Å²) in [5.74, 6) is -3.02. The molecule has 15 heteroatoms.